The molecule has 0 amide bonds. The Hall–Kier alpha value is -1.56. The van der Waals surface area contributed by atoms with Crippen molar-refractivity contribution in [3.8, 4) is 11.5 Å². The first kappa shape index (κ1) is 22.5. The quantitative estimate of drug-likeness (QED) is 0.585. The smallest absolute Gasteiger partial charge is 0.181 e. The predicted octanol–water partition coefficient (Wildman–Crippen LogP) is 0.203. The minimum atomic E-state index is -0.109. The summed E-state index contributed by atoms with van der Waals surface area (Å²) in [7, 11) is 4.19. The average molecular weight is 424 g/mol. The molecule has 0 heterocycles. The SMILES string of the molecule is Cc1ccccc1OCC(C[N+](C)(C)CCO)Oc1ccccc1C.[Br-]. The Morgan fingerprint density at radius 1 is 0.923 bits per heavy atom. The van der Waals surface area contributed by atoms with Crippen LogP contribution in [0.3, 0.4) is 0 Å². The Morgan fingerprint density at radius 2 is 1.46 bits per heavy atom. The standard InChI is InChI=1S/C21H30NO3.BrH/c1-17-9-5-7-11-20(17)24-16-19(15-22(3,4)13-14-23)25-21-12-8-6-10-18(21)2;/h5-12,19,23H,13-16H2,1-4H3;1H/q+1;/p-1. The van der Waals surface area contributed by atoms with E-state index >= 15 is 0 Å². The fourth-order valence-corrected chi connectivity index (χ4v) is 2.81. The van der Waals surface area contributed by atoms with Crippen molar-refractivity contribution in [1.29, 1.82) is 0 Å². The van der Waals surface area contributed by atoms with Crippen molar-refractivity contribution < 1.29 is 36.0 Å². The number of aliphatic hydroxyl groups is 1. The van der Waals surface area contributed by atoms with Crippen molar-refractivity contribution in [3.63, 3.8) is 0 Å². The molecule has 2 rings (SSSR count). The summed E-state index contributed by atoms with van der Waals surface area (Å²) in [6.45, 7) is 6.13. The fraction of sp³-hybridized carbons (Fsp3) is 0.429. The Bertz CT molecular complexity index is 676. The third-order valence-corrected chi connectivity index (χ3v) is 4.31. The molecule has 26 heavy (non-hydrogen) atoms. The first-order valence-corrected chi connectivity index (χ1v) is 8.75. The van der Waals surface area contributed by atoms with Gasteiger partial charge in [0.05, 0.1) is 20.7 Å². The maximum absolute atomic E-state index is 9.31. The van der Waals surface area contributed by atoms with Gasteiger partial charge in [0, 0.05) is 0 Å². The van der Waals surface area contributed by atoms with Crippen LogP contribution >= 0.6 is 0 Å². The Kier molecular flexibility index (Phi) is 9.13. The lowest BCUT2D eigenvalue weighted by Gasteiger charge is -2.33. The van der Waals surface area contributed by atoms with Gasteiger partial charge in [-0.05, 0) is 37.1 Å². The number of halogens is 1. The molecule has 144 valence electrons. The Morgan fingerprint density at radius 3 is 2.00 bits per heavy atom. The van der Waals surface area contributed by atoms with E-state index in [4.69, 9.17) is 9.47 Å². The van der Waals surface area contributed by atoms with E-state index in [1.165, 1.54) is 0 Å². The van der Waals surface area contributed by atoms with Crippen LogP contribution in [0.4, 0.5) is 0 Å². The zero-order valence-corrected chi connectivity index (χ0v) is 17.7. The summed E-state index contributed by atoms with van der Waals surface area (Å²) in [6.07, 6.45) is -0.109. The van der Waals surface area contributed by atoms with Gasteiger partial charge in [-0.1, -0.05) is 36.4 Å². The second kappa shape index (κ2) is 10.6. The second-order valence-electron chi connectivity index (χ2n) is 7.15. The highest BCUT2D eigenvalue weighted by atomic mass is 79.9. The summed E-state index contributed by atoms with van der Waals surface area (Å²) in [6, 6.07) is 16.0. The molecular formula is C21H30BrNO3. The second-order valence-corrected chi connectivity index (χ2v) is 7.15. The van der Waals surface area contributed by atoms with E-state index in [0.717, 1.165) is 29.2 Å². The summed E-state index contributed by atoms with van der Waals surface area (Å²) in [5.41, 5.74) is 2.22. The maximum atomic E-state index is 9.31. The van der Waals surface area contributed by atoms with Gasteiger partial charge in [0.25, 0.3) is 0 Å². The molecule has 5 heteroatoms. The van der Waals surface area contributed by atoms with Crippen LogP contribution in [0.15, 0.2) is 48.5 Å². The van der Waals surface area contributed by atoms with Gasteiger partial charge in [-0.25, -0.2) is 0 Å². The molecule has 1 unspecified atom stereocenters. The summed E-state index contributed by atoms with van der Waals surface area (Å²) in [5, 5.41) is 9.31. The summed E-state index contributed by atoms with van der Waals surface area (Å²) >= 11 is 0. The van der Waals surface area contributed by atoms with Crippen LogP contribution < -0.4 is 26.5 Å². The van der Waals surface area contributed by atoms with Crippen LogP contribution in [0.25, 0.3) is 0 Å². The van der Waals surface area contributed by atoms with E-state index < -0.39 is 0 Å². The first-order chi connectivity index (χ1) is 11.9. The minimum absolute atomic E-state index is 0. The summed E-state index contributed by atoms with van der Waals surface area (Å²) in [4.78, 5) is 0. The zero-order chi connectivity index (χ0) is 18.3. The number of rotatable bonds is 9. The first-order valence-electron chi connectivity index (χ1n) is 8.75. The van der Waals surface area contributed by atoms with Gasteiger partial charge in [-0.2, -0.15) is 0 Å². The highest BCUT2D eigenvalue weighted by Gasteiger charge is 2.24. The number of para-hydroxylation sites is 2. The largest absolute Gasteiger partial charge is 1.00 e. The number of hydrogen-bond donors (Lipinski definition) is 1. The van der Waals surface area contributed by atoms with Crippen molar-refractivity contribution >= 4 is 0 Å². The predicted molar refractivity (Wildman–Crippen MR) is 101 cm³/mol. The summed E-state index contributed by atoms with van der Waals surface area (Å²) < 4.78 is 13.0. The van der Waals surface area contributed by atoms with Crippen molar-refractivity contribution in [3.05, 3.63) is 59.7 Å². The molecule has 0 fully saturated rings. The molecule has 0 aliphatic carbocycles. The molecular weight excluding hydrogens is 394 g/mol. The van der Waals surface area contributed by atoms with E-state index in [2.05, 4.69) is 14.1 Å². The summed E-state index contributed by atoms with van der Waals surface area (Å²) in [5.74, 6) is 1.76. The molecule has 0 spiro atoms. The van der Waals surface area contributed by atoms with Crippen LogP contribution in [0.5, 0.6) is 11.5 Å². The van der Waals surface area contributed by atoms with Crippen LogP contribution in [-0.4, -0.2) is 56.1 Å². The molecule has 0 saturated heterocycles. The van der Waals surface area contributed by atoms with E-state index in [-0.39, 0.29) is 29.7 Å². The lowest BCUT2D eigenvalue weighted by molar-refractivity contribution is -0.893. The highest BCUT2D eigenvalue weighted by molar-refractivity contribution is 5.33. The van der Waals surface area contributed by atoms with E-state index in [9.17, 15) is 5.11 Å². The third-order valence-electron chi connectivity index (χ3n) is 4.31. The lowest BCUT2D eigenvalue weighted by atomic mass is 10.2. The number of quaternary nitrogens is 1. The topological polar surface area (TPSA) is 38.7 Å². The molecule has 0 bridgehead atoms. The van der Waals surface area contributed by atoms with Crippen molar-refractivity contribution in [1.82, 2.24) is 0 Å². The molecule has 0 aliphatic rings. The zero-order valence-electron chi connectivity index (χ0n) is 16.1. The molecule has 1 N–H and O–H groups in total. The van der Waals surface area contributed by atoms with Crippen molar-refractivity contribution in [2.45, 2.75) is 20.0 Å². The van der Waals surface area contributed by atoms with Gasteiger partial charge < -0.3 is 36.0 Å². The molecule has 0 aromatic heterocycles. The highest BCUT2D eigenvalue weighted by Crippen LogP contribution is 2.21. The number of ether oxygens (including phenoxy) is 2. The molecule has 1 atom stereocenters. The number of benzene rings is 2. The Labute approximate surface area is 167 Å². The van der Waals surface area contributed by atoms with Crippen LogP contribution in [0, 0.1) is 13.8 Å². The molecule has 0 radical (unpaired) electrons. The average Bonchev–Trinajstić information content (AvgIpc) is 2.55. The van der Waals surface area contributed by atoms with Crippen LogP contribution in [-0.2, 0) is 0 Å². The molecule has 0 aliphatic heterocycles. The van der Waals surface area contributed by atoms with Crippen LogP contribution in [0.2, 0.25) is 0 Å². The van der Waals surface area contributed by atoms with E-state index in [1.54, 1.807) is 0 Å². The normalized spacial score (nSPS) is 12.2. The molecule has 2 aromatic carbocycles. The number of hydrogen-bond acceptors (Lipinski definition) is 3. The maximum Gasteiger partial charge on any atom is 0.181 e. The Balaban J connectivity index is 0.00000338. The molecule has 0 saturated carbocycles. The van der Waals surface area contributed by atoms with Gasteiger partial charge in [-0.3, -0.25) is 0 Å². The number of aliphatic hydroxyl groups excluding tert-OH is 1. The van der Waals surface area contributed by atoms with Crippen LogP contribution in [0.1, 0.15) is 11.1 Å². The molecule has 2 aromatic rings. The number of likely N-dealkylation sites (N-methyl/N-ethyl adjacent to an activating group) is 1. The number of nitrogens with zero attached hydrogens (tertiary/aromatic N) is 1. The van der Waals surface area contributed by atoms with Crippen molar-refractivity contribution in [2.75, 3.05) is 40.4 Å². The van der Waals surface area contributed by atoms with E-state index in [1.807, 2.05) is 62.4 Å². The fourth-order valence-electron chi connectivity index (χ4n) is 2.81. The van der Waals surface area contributed by atoms with E-state index in [0.29, 0.717) is 17.6 Å². The van der Waals surface area contributed by atoms with Gasteiger partial charge in [-0.15, -0.1) is 0 Å². The number of aryl methyl sites for hydroxylation is 2. The van der Waals surface area contributed by atoms with Gasteiger partial charge in [0.1, 0.15) is 31.2 Å². The molecule has 4 nitrogen and oxygen atoms in total. The van der Waals surface area contributed by atoms with Gasteiger partial charge >= 0.3 is 0 Å². The van der Waals surface area contributed by atoms with Gasteiger partial charge in [0.15, 0.2) is 6.10 Å². The van der Waals surface area contributed by atoms with Crippen molar-refractivity contribution in [2.24, 2.45) is 0 Å². The van der Waals surface area contributed by atoms with Gasteiger partial charge in [0.2, 0.25) is 0 Å². The lowest BCUT2D eigenvalue weighted by Crippen LogP contribution is -3.00. The third kappa shape index (κ3) is 6.98. The minimum Gasteiger partial charge on any atom is -1.00 e. The monoisotopic (exact) mass is 423 g/mol.